The number of cyclic esters (lactones) is 1. The number of aromatic nitrogens is 3. The zero-order chi connectivity index (χ0) is 20.1. The summed E-state index contributed by atoms with van der Waals surface area (Å²) in [6, 6.07) is -1.23. The molecule has 0 radical (unpaired) electrons. The topological polar surface area (TPSA) is 89.4 Å². The number of esters is 1. The molecule has 0 unspecified atom stereocenters. The number of amides is 1. The van der Waals surface area contributed by atoms with Gasteiger partial charge in [-0.15, -0.1) is 0 Å². The van der Waals surface area contributed by atoms with Crippen molar-refractivity contribution >= 4 is 17.8 Å². The number of hydrogen-bond acceptors (Lipinski definition) is 6. The number of nitrogens with zero attached hydrogens (tertiary/aromatic N) is 4. The minimum absolute atomic E-state index is 0.0329. The van der Waals surface area contributed by atoms with E-state index in [1.54, 1.807) is 18.7 Å². The van der Waals surface area contributed by atoms with Gasteiger partial charge in [0.2, 0.25) is 11.9 Å². The number of anilines is 1. The van der Waals surface area contributed by atoms with E-state index < -0.39 is 24.0 Å². The summed E-state index contributed by atoms with van der Waals surface area (Å²) < 4.78 is 33.6. The lowest BCUT2D eigenvalue weighted by Crippen LogP contribution is -2.51. The molecule has 0 aliphatic carbocycles. The maximum absolute atomic E-state index is 13.5. The molecule has 2 fully saturated rings. The fraction of sp³-hybridized carbons (Fsp3) is 0.778. The number of ether oxygens (including phenoxy) is 1. The Morgan fingerprint density at radius 2 is 2.21 bits per heavy atom. The zero-order valence-electron chi connectivity index (χ0n) is 16.0. The molecule has 154 valence electrons. The van der Waals surface area contributed by atoms with E-state index in [4.69, 9.17) is 4.74 Å². The van der Waals surface area contributed by atoms with E-state index in [1.165, 1.54) is 11.0 Å². The van der Waals surface area contributed by atoms with Gasteiger partial charge in [0.15, 0.2) is 0 Å². The van der Waals surface area contributed by atoms with Gasteiger partial charge in [-0.3, -0.25) is 9.59 Å². The quantitative estimate of drug-likeness (QED) is 0.783. The minimum atomic E-state index is -2.53. The summed E-state index contributed by atoms with van der Waals surface area (Å²) in [6.45, 7) is 4.59. The van der Waals surface area contributed by atoms with Crippen molar-refractivity contribution in [3.05, 3.63) is 6.33 Å². The van der Waals surface area contributed by atoms with Crippen LogP contribution < -0.4 is 5.32 Å². The van der Waals surface area contributed by atoms with Crippen molar-refractivity contribution in [3.8, 4) is 0 Å². The molecule has 0 spiro atoms. The van der Waals surface area contributed by atoms with Gasteiger partial charge in [0, 0.05) is 19.1 Å². The van der Waals surface area contributed by atoms with E-state index in [2.05, 4.69) is 15.4 Å². The molecule has 28 heavy (non-hydrogen) atoms. The number of alkyl halides is 2. The Hall–Kier alpha value is -2.26. The molecule has 4 atom stereocenters. The van der Waals surface area contributed by atoms with Crippen LogP contribution in [-0.4, -0.2) is 62.7 Å². The second-order valence-corrected chi connectivity index (χ2v) is 8.44. The Kier molecular flexibility index (Phi) is 4.75. The first-order chi connectivity index (χ1) is 13.3. The standard InChI is InChI=1S/C18H25F2N5O3/c1-18(2)11(6-14(26)28-18)16(27)24-5-3-4-10(8-24)12-7-13(15(19)20)25-17(23-12)21-9-22-25/h9-13,15H,3-8H2,1-2H3,(H,21,22,23)/t10-,11-,12+,13-/m1/s1. The van der Waals surface area contributed by atoms with Crippen molar-refractivity contribution in [1.29, 1.82) is 0 Å². The average molecular weight is 397 g/mol. The molecular weight excluding hydrogens is 372 g/mol. The van der Waals surface area contributed by atoms with Gasteiger partial charge in [-0.05, 0) is 39.0 Å². The maximum atomic E-state index is 13.5. The average Bonchev–Trinajstić information content (AvgIpc) is 3.23. The Bertz CT molecular complexity index is 768. The third-order valence-electron chi connectivity index (χ3n) is 6.21. The van der Waals surface area contributed by atoms with Crippen LogP contribution in [0, 0.1) is 11.8 Å². The first-order valence-corrected chi connectivity index (χ1v) is 9.71. The summed E-state index contributed by atoms with van der Waals surface area (Å²) >= 11 is 0. The summed E-state index contributed by atoms with van der Waals surface area (Å²) in [5.41, 5.74) is -0.818. The van der Waals surface area contributed by atoms with Gasteiger partial charge in [0.1, 0.15) is 18.0 Å². The number of carbonyl (C=O) groups is 2. The fourth-order valence-corrected chi connectivity index (χ4v) is 4.66. The van der Waals surface area contributed by atoms with Crippen LogP contribution in [0.1, 0.15) is 45.6 Å². The van der Waals surface area contributed by atoms with Gasteiger partial charge < -0.3 is 15.0 Å². The highest BCUT2D eigenvalue weighted by Crippen LogP contribution is 2.37. The second-order valence-electron chi connectivity index (χ2n) is 8.44. The number of hydrogen-bond donors (Lipinski definition) is 1. The van der Waals surface area contributed by atoms with Crippen LogP contribution in [0.2, 0.25) is 0 Å². The van der Waals surface area contributed by atoms with Crippen LogP contribution in [0.4, 0.5) is 14.7 Å². The van der Waals surface area contributed by atoms with Crippen LogP contribution in [-0.2, 0) is 14.3 Å². The third-order valence-corrected chi connectivity index (χ3v) is 6.21. The molecule has 10 heteroatoms. The van der Waals surface area contributed by atoms with Gasteiger partial charge in [0.25, 0.3) is 6.43 Å². The second kappa shape index (κ2) is 6.97. The molecule has 0 aromatic carbocycles. The molecule has 0 saturated carbocycles. The normalized spacial score (nSPS) is 32.0. The smallest absolute Gasteiger partial charge is 0.307 e. The number of likely N-dealkylation sites (tertiary alicyclic amines) is 1. The summed E-state index contributed by atoms with van der Waals surface area (Å²) in [7, 11) is 0. The van der Waals surface area contributed by atoms with Crippen molar-refractivity contribution in [2.24, 2.45) is 11.8 Å². The summed E-state index contributed by atoms with van der Waals surface area (Å²) in [4.78, 5) is 30.5. The summed E-state index contributed by atoms with van der Waals surface area (Å²) in [5.74, 6) is -0.573. The van der Waals surface area contributed by atoms with Gasteiger partial charge in [-0.1, -0.05) is 0 Å². The summed E-state index contributed by atoms with van der Waals surface area (Å²) in [6.07, 6.45) is 0.699. The first kappa shape index (κ1) is 19.1. The monoisotopic (exact) mass is 397 g/mol. The molecule has 4 rings (SSSR count). The molecule has 3 aliphatic heterocycles. The van der Waals surface area contributed by atoms with Crippen molar-refractivity contribution in [2.45, 2.75) is 63.6 Å². The van der Waals surface area contributed by atoms with E-state index in [1.807, 2.05) is 0 Å². The van der Waals surface area contributed by atoms with Crippen molar-refractivity contribution < 1.29 is 23.1 Å². The lowest BCUT2D eigenvalue weighted by molar-refractivity contribution is -0.149. The van der Waals surface area contributed by atoms with Crippen LogP contribution in [0.25, 0.3) is 0 Å². The van der Waals surface area contributed by atoms with Gasteiger partial charge in [-0.25, -0.2) is 13.5 Å². The lowest BCUT2D eigenvalue weighted by atomic mass is 9.84. The van der Waals surface area contributed by atoms with Crippen molar-refractivity contribution in [3.63, 3.8) is 0 Å². The van der Waals surface area contributed by atoms with Crippen LogP contribution in [0.15, 0.2) is 6.33 Å². The molecule has 1 amide bonds. The molecule has 4 heterocycles. The van der Waals surface area contributed by atoms with Crippen LogP contribution in [0.5, 0.6) is 0 Å². The molecule has 1 aromatic rings. The number of carbonyl (C=O) groups excluding carboxylic acids is 2. The molecule has 3 aliphatic rings. The van der Waals surface area contributed by atoms with E-state index in [0.29, 0.717) is 19.0 Å². The van der Waals surface area contributed by atoms with E-state index >= 15 is 0 Å². The molecule has 1 aromatic heterocycles. The molecule has 1 N–H and O–H groups in total. The predicted octanol–water partition coefficient (Wildman–Crippen LogP) is 1.85. The number of halogens is 2. The predicted molar refractivity (Wildman–Crippen MR) is 94.7 cm³/mol. The molecular formula is C18H25F2N5O3. The van der Waals surface area contributed by atoms with E-state index in [9.17, 15) is 18.4 Å². The van der Waals surface area contributed by atoms with Crippen LogP contribution >= 0.6 is 0 Å². The first-order valence-electron chi connectivity index (χ1n) is 9.71. The Morgan fingerprint density at radius 3 is 2.89 bits per heavy atom. The minimum Gasteiger partial charge on any atom is -0.459 e. The van der Waals surface area contributed by atoms with Gasteiger partial charge in [0.05, 0.1) is 12.3 Å². The molecule has 2 saturated heterocycles. The highest BCUT2D eigenvalue weighted by Gasteiger charge is 2.48. The largest absolute Gasteiger partial charge is 0.459 e. The van der Waals surface area contributed by atoms with Gasteiger partial charge in [-0.2, -0.15) is 10.1 Å². The SMILES string of the molecule is CC1(C)OC(=O)C[C@@H]1C(=O)N1CCC[C@@H]([C@@H]2C[C@H](C(F)F)n3ncnc3N2)C1. The van der Waals surface area contributed by atoms with Gasteiger partial charge >= 0.3 is 5.97 Å². The fourth-order valence-electron chi connectivity index (χ4n) is 4.66. The number of rotatable bonds is 3. The molecule has 0 bridgehead atoms. The number of fused-ring (bicyclic) bond motifs is 1. The Balaban J connectivity index is 1.47. The summed E-state index contributed by atoms with van der Waals surface area (Å²) in [5, 5.41) is 7.13. The van der Waals surface area contributed by atoms with Crippen molar-refractivity contribution in [2.75, 3.05) is 18.4 Å². The highest BCUT2D eigenvalue weighted by atomic mass is 19.3. The highest BCUT2D eigenvalue weighted by molar-refractivity contribution is 5.87. The zero-order valence-corrected chi connectivity index (χ0v) is 16.0. The van der Waals surface area contributed by atoms with Crippen molar-refractivity contribution in [1.82, 2.24) is 19.7 Å². The van der Waals surface area contributed by atoms with E-state index in [-0.39, 0.29) is 36.7 Å². The maximum Gasteiger partial charge on any atom is 0.307 e. The Morgan fingerprint density at radius 1 is 1.43 bits per heavy atom. The van der Waals surface area contributed by atoms with Crippen LogP contribution in [0.3, 0.4) is 0 Å². The number of nitrogens with one attached hydrogen (secondary N) is 1. The molecule has 8 nitrogen and oxygen atoms in total. The third kappa shape index (κ3) is 3.33. The lowest BCUT2D eigenvalue weighted by Gasteiger charge is -2.41. The number of piperidine rings is 1. The Labute approximate surface area is 161 Å². The van der Waals surface area contributed by atoms with E-state index in [0.717, 1.165) is 12.8 Å².